The molecule has 0 aliphatic heterocycles. The number of carbonyl (C=O) groups is 2. The molecule has 1 atom stereocenters. The van der Waals surface area contributed by atoms with Crippen LogP contribution in [0.3, 0.4) is 0 Å². The number of unbranched alkanes of at least 4 members (excludes halogenated alkanes) is 18. The van der Waals surface area contributed by atoms with Crippen LogP contribution in [0, 0.1) is 0 Å². The number of carbonyl (C=O) groups excluding carboxylic acids is 2. The third kappa shape index (κ3) is 27.5. The summed E-state index contributed by atoms with van der Waals surface area (Å²) in [7, 11) is 0. The molecule has 1 N–H and O–H groups in total. The Labute approximate surface area is 229 Å². The van der Waals surface area contributed by atoms with Gasteiger partial charge in [0, 0.05) is 12.8 Å². The van der Waals surface area contributed by atoms with E-state index in [0.29, 0.717) is 12.8 Å². The minimum Gasteiger partial charge on any atom is -0.462 e. The number of aliphatic hydroxyl groups excluding tert-OH is 1. The zero-order valence-electron chi connectivity index (χ0n) is 24.5. The molecule has 5 heteroatoms. The molecule has 0 unspecified atom stereocenters. The van der Waals surface area contributed by atoms with Crippen molar-refractivity contribution in [2.45, 2.75) is 168 Å². The normalized spacial score (nSPS) is 12.2. The van der Waals surface area contributed by atoms with Crippen molar-refractivity contribution in [3.05, 3.63) is 12.2 Å². The van der Waals surface area contributed by atoms with Crippen LogP contribution in [0.25, 0.3) is 0 Å². The highest BCUT2D eigenvalue weighted by atomic mass is 16.6. The Morgan fingerprint density at radius 3 is 1.49 bits per heavy atom. The zero-order chi connectivity index (χ0) is 27.2. The quantitative estimate of drug-likeness (QED) is 0.0628. The van der Waals surface area contributed by atoms with Crippen LogP contribution < -0.4 is 0 Å². The van der Waals surface area contributed by atoms with Crippen molar-refractivity contribution in [1.29, 1.82) is 0 Å². The number of hydrogen-bond acceptors (Lipinski definition) is 5. The molecular formula is C32H60O5. The van der Waals surface area contributed by atoms with E-state index in [2.05, 4.69) is 26.0 Å². The summed E-state index contributed by atoms with van der Waals surface area (Å²) in [5, 5.41) is 9.46. The van der Waals surface area contributed by atoms with Crippen molar-refractivity contribution >= 4 is 11.9 Å². The number of ether oxygens (including phenoxy) is 2. The number of aliphatic hydroxyl groups is 1. The first-order valence-electron chi connectivity index (χ1n) is 15.7. The molecule has 0 aliphatic rings. The van der Waals surface area contributed by atoms with Crippen molar-refractivity contribution in [3.63, 3.8) is 0 Å². The SMILES string of the molecule is CCCCCC/C=C\CCCCCCCC(=O)O[C@@H](CO)COC(=O)CCCCCCCCCCCC. The largest absolute Gasteiger partial charge is 0.462 e. The molecule has 5 nitrogen and oxygen atoms in total. The van der Waals surface area contributed by atoms with E-state index in [-0.39, 0.29) is 25.2 Å². The summed E-state index contributed by atoms with van der Waals surface area (Å²) in [4.78, 5) is 24.0. The first-order valence-corrected chi connectivity index (χ1v) is 15.7. The lowest BCUT2D eigenvalue weighted by Gasteiger charge is -2.15. The van der Waals surface area contributed by atoms with Gasteiger partial charge in [-0.3, -0.25) is 9.59 Å². The second-order valence-electron chi connectivity index (χ2n) is 10.5. The van der Waals surface area contributed by atoms with Gasteiger partial charge >= 0.3 is 11.9 Å². The van der Waals surface area contributed by atoms with Crippen LogP contribution in [0.2, 0.25) is 0 Å². The number of allylic oxidation sites excluding steroid dienone is 2. The summed E-state index contributed by atoms with van der Waals surface area (Å²) in [6.07, 6.45) is 29.7. The monoisotopic (exact) mass is 524 g/mol. The van der Waals surface area contributed by atoms with E-state index in [1.54, 1.807) is 0 Å². The van der Waals surface area contributed by atoms with Gasteiger partial charge in [0.15, 0.2) is 6.10 Å². The molecule has 0 aromatic heterocycles. The molecule has 0 amide bonds. The van der Waals surface area contributed by atoms with Gasteiger partial charge in [-0.15, -0.1) is 0 Å². The van der Waals surface area contributed by atoms with Gasteiger partial charge in [-0.1, -0.05) is 122 Å². The van der Waals surface area contributed by atoms with Crippen molar-refractivity contribution in [2.75, 3.05) is 13.2 Å². The lowest BCUT2D eigenvalue weighted by atomic mass is 10.1. The van der Waals surface area contributed by atoms with Crippen LogP contribution in [-0.2, 0) is 19.1 Å². The van der Waals surface area contributed by atoms with Gasteiger partial charge in [0.1, 0.15) is 6.61 Å². The highest BCUT2D eigenvalue weighted by molar-refractivity contribution is 5.70. The Balaban J connectivity index is 3.60. The molecule has 0 aliphatic carbocycles. The molecule has 37 heavy (non-hydrogen) atoms. The fraction of sp³-hybridized carbons (Fsp3) is 0.875. The Morgan fingerprint density at radius 2 is 1.00 bits per heavy atom. The van der Waals surface area contributed by atoms with Crippen molar-refractivity contribution < 1.29 is 24.2 Å². The average Bonchev–Trinajstić information content (AvgIpc) is 2.90. The van der Waals surface area contributed by atoms with E-state index in [0.717, 1.165) is 44.9 Å². The molecule has 0 spiro atoms. The summed E-state index contributed by atoms with van der Waals surface area (Å²) in [6, 6.07) is 0. The summed E-state index contributed by atoms with van der Waals surface area (Å²) >= 11 is 0. The zero-order valence-corrected chi connectivity index (χ0v) is 24.5. The average molecular weight is 525 g/mol. The maximum Gasteiger partial charge on any atom is 0.306 e. The van der Waals surface area contributed by atoms with Gasteiger partial charge in [0.2, 0.25) is 0 Å². The lowest BCUT2D eigenvalue weighted by molar-refractivity contribution is -0.161. The van der Waals surface area contributed by atoms with Gasteiger partial charge in [-0.25, -0.2) is 0 Å². The first-order chi connectivity index (χ1) is 18.1. The standard InChI is InChI=1S/C32H60O5/c1-3-5-7-9-11-13-15-16-17-19-21-23-25-27-32(35)37-30(28-33)29-36-31(34)26-24-22-20-18-14-12-10-8-6-4-2/h13,15,30,33H,3-12,14,16-29H2,1-2H3/b15-13-/t30-/m0/s1. The number of rotatable bonds is 28. The third-order valence-electron chi connectivity index (χ3n) is 6.81. The molecule has 0 aromatic carbocycles. The fourth-order valence-electron chi connectivity index (χ4n) is 4.37. The van der Waals surface area contributed by atoms with E-state index in [1.165, 1.54) is 89.9 Å². The van der Waals surface area contributed by atoms with Crippen LogP contribution in [0.4, 0.5) is 0 Å². The van der Waals surface area contributed by atoms with Crippen LogP contribution in [0.1, 0.15) is 162 Å². The second-order valence-corrected chi connectivity index (χ2v) is 10.5. The van der Waals surface area contributed by atoms with Gasteiger partial charge in [0.05, 0.1) is 6.61 Å². The Morgan fingerprint density at radius 1 is 0.595 bits per heavy atom. The summed E-state index contributed by atoms with van der Waals surface area (Å²) in [5.41, 5.74) is 0. The first kappa shape index (κ1) is 35.6. The predicted molar refractivity (Wildman–Crippen MR) is 155 cm³/mol. The predicted octanol–water partition coefficient (Wildman–Crippen LogP) is 9.00. The highest BCUT2D eigenvalue weighted by Crippen LogP contribution is 2.12. The topological polar surface area (TPSA) is 72.8 Å². The molecule has 0 rings (SSSR count). The van der Waals surface area contributed by atoms with Crippen molar-refractivity contribution in [2.24, 2.45) is 0 Å². The van der Waals surface area contributed by atoms with Crippen LogP contribution in [0.15, 0.2) is 12.2 Å². The van der Waals surface area contributed by atoms with Gasteiger partial charge in [0.25, 0.3) is 0 Å². The van der Waals surface area contributed by atoms with Crippen molar-refractivity contribution in [1.82, 2.24) is 0 Å². The third-order valence-corrected chi connectivity index (χ3v) is 6.81. The van der Waals surface area contributed by atoms with Crippen LogP contribution >= 0.6 is 0 Å². The molecule has 0 heterocycles. The molecule has 0 bridgehead atoms. The van der Waals surface area contributed by atoms with Crippen LogP contribution in [-0.4, -0.2) is 36.4 Å². The molecule has 0 aromatic rings. The summed E-state index contributed by atoms with van der Waals surface area (Å²) in [6.45, 7) is 4.08. The van der Waals surface area contributed by atoms with Crippen molar-refractivity contribution in [3.8, 4) is 0 Å². The maximum absolute atomic E-state index is 12.0. The fourth-order valence-corrected chi connectivity index (χ4v) is 4.37. The van der Waals surface area contributed by atoms with E-state index < -0.39 is 6.10 Å². The lowest BCUT2D eigenvalue weighted by Crippen LogP contribution is -2.28. The summed E-state index contributed by atoms with van der Waals surface area (Å²) < 4.78 is 10.5. The van der Waals surface area contributed by atoms with E-state index in [9.17, 15) is 14.7 Å². The van der Waals surface area contributed by atoms with Gasteiger partial charge in [-0.05, 0) is 38.5 Å². The number of esters is 2. The second kappa shape index (κ2) is 29.2. The molecule has 0 saturated heterocycles. The van der Waals surface area contributed by atoms with Gasteiger partial charge in [-0.2, -0.15) is 0 Å². The Hall–Kier alpha value is -1.36. The maximum atomic E-state index is 12.0. The van der Waals surface area contributed by atoms with Crippen LogP contribution in [0.5, 0.6) is 0 Å². The molecule has 0 radical (unpaired) electrons. The summed E-state index contributed by atoms with van der Waals surface area (Å²) in [5.74, 6) is -0.601. The Bertz CT molecular complexity index is 531. The smallest absolute Gasteiger partial charge is 0.306 e. The molecule has 0 fully saturated rings. The minimum absolute atomic E-state index is 0.0645. The van der Waals surface area contributed by atoms with E-state index >= 15 is 0 Å². The number of hydrogen-bond donors (Lipinski definition) is 1. The van der Waals surface area contributed by atoms with Gasteiger partial charge < -0.3 is 14.6 Å². The highest BCUT2D eigenvalue weighted by Gasteiger charge is 2.16. The molecule has 218 valence electrons. The van der Waals surface area contributed by atoms with E-state index in [4.69, 9.17) is 9.47 Å². The van der Waals surface area contributed by atoms with E-state index in [1.807, 2.05) is 0 Å². The Kier molecular flexibility index (Phi) is 28.1. The molecular weight excluding hydrogens is 464 g/mol. The molecule has 0 saturated carbocycles. The minimum atomic E-state index is -0.766.